The lowest BCUT2D eigenvalue weighted by Crippen LogP contribution is -2.23. The van der Waals surface area contributed by atoms with Crippen molar-refractivity contribution in [3.05, 3.63) is 60.7 Å². The highest BCUT2D eigenvalue weighted by Crippen LogP contribution is 2.25. The molecule has 0 atom stereocenters. The lowest BCUT2D eigenvalue weighted by molar-refractivity contribution is -0.289. The summed E-state index contributed by atoms with van der Waals surface area (Å²) in [6, 6.07) is 17.7. The van der Waals surface area contributed by atoms with Crippen molar-refractivity contribution in [2.75, 3.05) is 0 Å². The van der Waals surface area contributed by atoms with Crippen molar-refractivity contribution in [1.82, 2.24) is 9.46 Å². The summed E-state index contributed by atoms with van der Waals surface area (Å²) in [5.41, 5.74) is 1.30. The molecule has 0 aliphatic heterocycles. The van der Waals surface area contributed by atoms with Crippen LogP contribution >= 0.6 is 0 Å². The first kappa shape index (κ1) is 12.5. The molecule has 6 nitrogen and oxygen atoms in total. The second-order valence-corrected chi connectivity index (χ2v) is 4.86. The van der Waals surface area contributed by atoms with Crippen LogP contribution in [-0.2, 0) is 0 Å². The fraction of sp³-hybridized carbons (Fsp3) is 0. The van der Waals surface area contributed by atoms with E-state index in [1.807, 2.05) is 36.4 Å². The Kier molecular flexibility index (Phi) is 2.62. The molecule has 0 radical (unpaired) electrons. The molecule has 2 aromatic heterocycles. The van der Waals surface area contributed by atoms with Crippen molar-refractivity contribution < 1.29 is 20.2 Å². The lowest BCUT2D eigenvalue weighted by Gasteiger charge is -2.09. The van der Waals surface area contributed by atoms with Crippen LogP contribution in [0.1, 0.15) is 0 Å². The van der Waals surface area contributed by atoms with Gasteiger partial charge in [-0.05, 0) is 12.1 Å². The van der Waals surface area contributed by atoms with E-state index in [9.17, 15) is 10.2 Å². The van der Waals surface area contributed by atoms with Crippen LogP contribution in [0.15, 0.2) is 60.7 Å². The van der Waals surface area contributed by atoms with E-state index in [2.05, 4.69) is 0 Å². The zero-order chi connectivity index (χ0) is 15.1. The minimum absolute atomic E-state index is 0.0999. The Bertz CT molecular complexity index is 891. The predicted octanol–water partition coefficient (Wildman–Crippen LogP) is 2.48. The highest BCUT2D eigenvalue weighted by Gasteiger charge is 2.13. The number of benzene rings is 2. The number of aromatic hydroxyl groups is 2. The summed E-state index contributed by atoms with van der Waals surface area (Å²) < 4.78 is 2.28. The third-order valence-electron chi connectivity index (χ3n) is 3.48. The fourth-order valence-electron chi connectivity index (χ4n) is 2.45. The molecule has 0 spiro atoms. The van der Waals surface area contributed by atoms with Crippen LogP contribution < -0.4 is 9.98 Å². The number of fused-ring (bicyclic) bond motifs is 2. The van der Waals surface area contributed by atoms with Crippen LogP contribution in [0, 0.1) is 0 Å². The topological polar surface area (TPSA) is 68.8 Å². The van der Waals surface area contributed by atoms with Gasteiger partial charge in [-0.25, -0.2) is 0 Å². The molecule has 2 heterocycles. The standard InChI is InChI=1S/C16H12N2O4/c19-15-9-11-5-1-3-7-13(11)17(15)21-22-18-14-8-4-2-6-12(14)10-16(18)20/h1-10,19-20H. The average molecular weight is 296 g/mol. The molecule has 0 saturated heterocycles. The summed E-state index contributed by atoms with van der Waals surface area (Å²) in [4.78, 5) is 10.4. The van der Waals surface area contributed by atoms with Crippen molar-refractivity contribution in [3.8, 4) is 11.8 Å². The molecule has 0 unspecified atom stereocenters. The van der Waals surface area contributed by atoms with Crippen LogP contribution in [-0.4, -0.2) is 19.7 Å². The maximum Gasteiger partial charge on any atom is 0.231 e. The SMILES string of the molecule is Oc1cc2ccccc2n1OOn1c(O)cc2ccccc21. The van der Waals surface area contributed by atoms with Crippen LogP contribution in [0.5, 0.6) is 11.8 Å². The average Bonchev–Trinajstić information content (AvgIpc) is 3.01. The van der Waals surface area contributed by atoms with E-state index < -0.39 is 0 Å². The van der Waals surface area contributed by atoms with E-state index in [0.717, 1.165) is 20.2 Å². The Balaban J connectivity index is 1.72. The van der Waals surface area contributed by atoms with Crippen molar-refractivity contribution in [1.29, 1.82) is 0 Å². The van der Waals surface area contributed by atoms with Gasteiger partial charge in [-0.2, -0.15) is 9.98 Å². The second-order valence-electron chi connectivity index (χ2n) is 4.86. The molecule has 0 aliphatic carbocycles. The van der Waals surface area contributed by atoms with E-state index in [1.54, 1.807) is 24.3 Å². The zero-order valence-corrected chi connectivity index (χ0v) is 11.4. The molecule has 22 heavy (non-hydrogen) atoms. The van der Waals surface area contributed by atoms with Crippen molar-refractivity contribution >= 4 is 21.8 Å². The molecule has 2 N–H and O–H groups in total. The molecule has 6 heteroatoms. The molecule has 0 amide bonds. The van der Waals surface area contributed by atoms with E-state index in [1.165, 1.54) is 0 Å². The molecule has 4 aromatic rings. The first-order valence-electron chi connectivity index (χ1n) is 6.68. The molecule has 0 fully saturated rings. The van der Waals surface area contributed by atoms with Gasteiger partial charge < -0.3 is 10.2 Å². The van der Waals surface area contributed by atoms with Crippen LogP contribution in [0.2, 0.25) is 0 Å². The second kappa shape index (κ2) is 4.63. The smallest absolute Gasteiger partial charge is 0.231 e. The molecule has 4 rings (SSSR count). The van der Waals surface area contributed by atoms with E-state index >= 15 is 0 Å². The number of aromatic nitrogens is 2. The minimum Gasteiger partial charge on any atom is -0.492 e. The predicted molar refractivity (Wildman–Crippen MR) is 80.4 cm³/mol. The molecule has 0 aliphatic rings. The summed E-state index contributed by atoms with van der Waals surface area (Å²) >= 11 is 0. The minimum atomic E-state index is -0.0999. The lowest BCUT2D eigenvalue weighted by atomic mass is 10.3. The molecule has 2 aromatic carbocycles. The van der Waals surface area contributed by atoms with Gasteiger partial charge in [0.25, 0.3) is 0 Å². The van der Waals surface area contributed by atoms with Gasteiger partial charge in [0.2, 0.25) is 11.8 Å². The first-order chi connectivity index (χ1) is 10.7. The Morgan fingerprint density at radius 2 is 1.05 bits per heavy atom. The number of rotatable bonds is 3. The number of para-hydroxylation sites is 2. The van der Waals surface area contributed by atoms with Gasteiger partial charge in [-0.3, -0.25) is 0 Å². The van der Waals surface area contributed by atoms with Crippen LogP contribution in [0.3, 0.4) is 0 Å². The van der Waals surface area contributed by atoms with Gasteiger partial charge in [0.1, 0.15) is 0 Å². The Hall–Kier alpha value is -3.28. The Labute approximate surface area is 124 Å². The van der Waals surface area contributed by atoms with Crippen LogP contribution in [0.25, 0.3) is 21.8 Å². The highest BCUT2D eigenvalue weighted by atomic mass is 17.3. The van der Waals surface area contributed by atoms with Gasteiger partial charge in [0, 0.05) is 22.9 Å². The van der Waals surface area contributed by atoms with Crippen molar-refractivity contribution in [3.63, 3.8) is 0 Å². The highest BCUT2D eigenvalue weighted by molar-refractivity contribution is 5.82. The van der Waals surface area contributed by atoms with E-state index in [-0.39, 0.29) is 11.8 Å². The maximum atomic E-state index is 9.93. The molecule has 0 bridgehead atoms. The van der Waals surface area contributed by atoms with Gasteiger partial charge in [-0.1, -0.05) is 45.9 Å². The molecular weight excluding hydrogens is 284 g/mol. The third kappa shape index (κ3) is 1.81. The normalized spacial score (nSPS) is 11.1. The summed E-state index contributed by atoms with van der Waals surface area (Å²) in [5.74, 6) is -0.200. The zero-order valence-electron chi connectivity index (χ0n) is 11.4. The van der Waals surface area contributed by atoms with E-state index in [4.69, 9.17) is 9.98 Å². The van der Waals surface area contributed by atoms with Crippen molar-refractivity contribution in [2.24, 2.45) is 0 Å². The quantitative estimate of drug-likeness (QED) is 0.450. The number of nitrogens with zero attached hydrogens (tertiary/aromatic N) is 2. The summed E-state index contributed by atoms with van der Waals surface area (Å²) in [6.07, 6.45) is 0. The first-order valence-corrected chi connectivity index (χ1v) is 6.68. The summed E-state index contributed by atoms with van der Waals surface area (Å²) in [7, 11) is 0. The fourth-order valence-corrected chi connectivity index (χ4v) is 2.45. The monoisotopic (exact) mass is 296 g/mol. The van der Waals surface area contributed by atoms with Crippen molar-refractivity contribution in [2.45, 2.75) is 0 Å². The van der Waals surface area contributed by atoms with Crippen LogP contribution in [0.4, 0.5) is 0 Å². The molecule has 110 valence electrons. The molecule has 0 saturated carbocycles. The Morgan fingerprint density at radius 1 is 0.636 bits per heavy atom. The maximum absolute atomic E-state index is 9.93. The third-order valence-corrected chi connectivity index (χ3v) is 3.48. The van der Waals surface area contributed by atoms with E-state index in [0.29, 0.717) is 11.0 Å². The van der Waals surface area contributed by atoms with Gasteiger partial charge in [0.05, 0.1) is 11.0 Å². The largest absolute Gasteiger partial charge is 0.492 e. The van der Waals surface area contributed by atoms with Gasteiger partial charge >= 0.3 is 0 Å². The number of hydrogen-bond donors (Lipinski definition) is 2. The van der Waals surface area contributed by atoms with Gasteiger partial charge in [0.15, 0.2) is 0 Å². The van der Waals surface area contributed by atoms with Gasteiger partial charge in [-0.15, -0.1) is 0 Å². The molecular formula is C16H12N2O4. The summed E-state index contributed by atoms with van der Waals surface area (Å²) in [6.45, 7) is 0. The Morgan fingerprint density at radius 3 is 1.50 bits per heavy atom. The summed E-state index contributed by atoms with van der Waals surface area (Å²) in [5, 5.41) is 21.5. The number of hydrogen-bond acceptors (Lipinski definition) is 4.